The molecule has 0 unspecified atom stereocenters. The number of rotatable bonds is 3. The predicted molar refractivity (Wildman–Crippen MR) is 78.2 cm³/mol. The molecule has 0 spiro atoms. The van der Waals surface area contributed by atoms with Crippen molar-refractivity contribution < 1.29 is 14.0 Å². The number of nitrogens with zero attached hydrogens (tertiary/aromatic N) is 1. The van der Waals surface area contributed by atoms with E-state index >= 15 is 0 Å². The normalized spacial score (nSPS) is 24.5. The Morgan fingerprint density at radius 1 is 1.20 bits per heavy atom. The second-order valence-corrected chi connectivity index (χ2v) is 6.68. The fraction of sp³-hybridized carbons (Fsp3) is 0.667. The molecule has 1 saturated carbocycles. The lowest BCUT2D eigenvalue weighted by Gasteiger charge is -2.32. The first-order valence-electron chi connectivity index (χ1n) is 7.36. The van der Waals surface area contributed by atoms with Gasteiger partial charge in [0.2, 0.25) is 0 Å². The molecule has 0 amide bonds. The van der Waals surface area contributed by atoms with Gasteiger partial charge < -0.3 is 14.0 Å². The molecule has 3 rings (SSSR count). The average Bonchev–Trinajstić information content (AvgIpc) is 2.54. The molecule has 0 aromatic carbocycles. The van der Waals surface area contributed by atoms with Crippen LogP contribution in [0.2, 0.25) is 0 Å². The summed E-state index contributed by atoms with van der Waals surface area (Å²) in [5.74, 6) is 0.856. The smallest absolute Gasteiger partial charge is 0.490 e. The van der Waals surface area contributed by atoms with E-state index in [9.17, 15) is 0 Å². The van der Waals surface area contributed by atoms with Crippen LogP contribution < -0.4 is 10.3 Å². The van der Waals surface area contributed by atoms with E-state index in [0.29, 0.717) is 6.10 Å². The van der Waals surface area contributed by atoms with Gasteiger partial charge in [0.15, 0.2) is 0 Å². The summed E-state index contributed by atoms with van der Waals surface area (Å²) in [6.07, 6.45) is 5.68. The number of aromatic nitrogens is 1. The Morgan fingerprint density at radius 2 is 1.85 bits per heavy atom. The zero-order valence-corrected chi connectivity index (χ0v) is 12.7. The molecule has 5 heteroatoms. The zero-order valence-electron chi connectivity index (χ0n) is 12.7. The molecule has 1 aromatic heterocycles. The highest BCUT2D eigenvalue weighted by molar-refractivity contribution is 6.61. The van der Waals surface area contributed by atoms with Crippen molar-refractivity contribution >= 4 is 12.7 Å². The van der Waals surface area contributed by atoms with Gasteiger partial charge in [-0.15, -0.1) is 0 Å². The van der Waals surface area contributed by atoms with Crippen molar-refractivity contribution in [1.29, 1.82) is 0 Å². The first-order chi connectivity index (χ1) is 9.37. The fourth-order valence-corrected chi connectivity index (χ4v) is 2.28. The molecule has 20 heavy (non-hydrogen) atoms. The largest absolute Gasteiger partial charge is 0.514 e. The minimum absolute atomic E-state index is 0.343. The number of pyridine rings is 1. The summed E-state index contributed by atoms with van der Waals surface area (Å²) in [4.78, 5) is 4.37. The molecule has 2 heterocycles. The molecule has 1 aromatic rings. The van der Waals surface area contributed by atoms with E-state index in [1.54, 1.807) is 6.20 Å². The summed E-state index contributed by atoms with van der Waals surface area (Å²) in [5, 5.41) is 0. The van der Waals surface area contributed by atoms with Crippen LogP contribution in [0.1, 0.15) is 47.0 Å². The van der Waals surface area contributed by atoms with Crippen LogP contribution in [0.15, 0.2) is 18.3 Å². The van der Waals surface area contributed by atoms with Gasteiger partial charge in [-0.25, -0.2) is 0 Å². The molecule has 2 aliphatic rings. The van der Waals surface area contributed by atoms with Crippen LogP contribution in [0, 0.1) is 0 Å². The van der Waals surface area contributed by atoms with Crippen molar-refractivity contribution in [3.63, 3.8) is 0 Å². The Bertz CT molecular complexity index is 484. The van der Waals surface area contributed by atoms with Crippen LogP contribution in [0.3, 0.4) is 0 Å². The molecular formula is C15H22BNO3. The minimum atomic E-state index is -0.426. The van der Waals surface area contributed by atoms with Crippen molar-refractivity contribution in [2.24, 2.45) is 0 Å². The molecule has 0 radical (unpaired) electrons. The SMILES string of the molecule is CC1(C)OB(c2cc(OC3CCC3)ccn2)OC1(C)C. The Kier molecular flexibility index (Phi) is 3.29. The summed E-state index contributed by atoms with van der Waals surface area (Å²) >= 11 is 0. The topological polar surface area (TPSA) is 40.6 Å². The maximum Gasteiger partial charge on any atom is 0.514 e. The van der Waals surface area contributed by atoms with Crippen molar-refractivity contribution in [2.75, 3.05) is 0 Å². The fourth-order valence-electron chi connectivity index (χ4n) is 2.28. The van der Waals surface area contributed by atoms with E-state index in [-0.39, 0.29) is 11.2 Å². The summed E-state index contributed by atoms with van der Waals surface area (Å²) in [6.45, 7) is 8.17. The first-order valence-corrected chi connectivity index (χ1v) is 7.36. The highest BCUT2D eigenvalue weighted by Crippen LogP contribution is 2.36. The first kappa shape index (κ1) is 13.9. The van der Waals surface area contributed by atoms with Gasteiger partial charge in [-0.1, -0.05) is 0 Å². The average molecular weight is 275 g/mol. The molecular weight excluding hydrogens is 253 g/mol. The van der Waals surface area contributed by atoms with Gasteiger partial charge in [-0.05, 0) is 59.1 Å². The maximum atomic E-state index is 6.01. The van der Waals surface area contributed by atoms with Crippen molar-refractivity contribution in [1.82, 2.24) is 4.98 Å². The lowest BCUT2D eigenvalue weighted by molar-refractivity contribution is 0.00578. The Balaban J connectivity index is 1.76. The van der Waals surface area contributed by atoms with Crippen LogP contribution in [0.4, 0.5) is 0 Å². The van der Waals surface area contributed by atoms with Crippen molar-refractivity contribution in [2.45, 2.75) is 64.3 Å². The second kappa shape index (κ2) is 4.74. The van der Waals surface area contributed by atoms with Crippen LogP contribution in [-0.4, -0.2) is 29.4 Å². The van der Waals surface area contributed by atoms with Crippen molar-refractivity contribution in [3.05, 3.63) is 18.3 Å². The van der Waals surface area contributed by atoms with Gasteiger partial charge >= 0.3 is 7.12 Å². The second-order valence-electron chi connectivity index (χ2n) is 6.68. The molecule has 1 aliphatic carbocycles. The lowest BCUT2D eigenvalue weighted by atomic mass is 9.84. The van der Waals surface area contributed by atoms with Gasteiger partial charge in [-0.3, -0.25) is 4.98 Å². The maximum absolute atomic E-state index is 6.01. The van der Waals surface area contributed by atoms with E-state index in [4.69, 9.17) is 14.0 Å². The number of hydrogen-bond donors (Lipinski definition) is 0. The van der Waals surface area contributed by atoms with E-state index in [2.05, 4.69) is 4.98 Å². The molecule has 4 nitrogen and oxygen atoms in total. The van der Waals surface area contributed by atoms with E-state index in [1.165, 1.54) is 6.42 Å². The van der Waals surface area contributed by atoms with Gasteiger partial charge in [-0.2, -0.15) is 0 Å². The summed E-state index contributed by atoms with van der Waals surface area (Å²) in [7, 11) is -0.426. The predicted octanol–water partition coefficient (Wildman–Crippen LogP) is 2.31. The molecule has 0 bridgehead atoms. The van der Waals surface area contributed by atoms with Crippen molar-refractivity contribution in [3.8, 4) is 5.75 Å². The zero-order chi connectivity index (χ0) is 14.4. The third-order valence-electron chi connectivity index (χ3n) is 4.60. The molecule has 1 saturated heterocycles. The minimum Gasteiger partial charge on any atom is -0.490 e. The quantitative estimate of drug-likeness (QED) is 0.794. The van der Waals surface area contributed by atoms with Crippen LogP contribution in [-0.2, 0) is 9.31 Å². The molecule has 2 fully saturated rings. The molecule has 0 atom stereocenters. The highest BCUT2D eigenvalue weighted by Gasteiger charge is 2.52. The van der Waals surface area contributed by atoms with E-state index in [1.807, 2.05) is 39.8 Å². The molecule has 108 valence electrons. The Hall–Kier alpha value is -1.07. The van der Waals surface area contributed by atoms with Gasteiger partial charge in [0.05, 0.1) is 22.9 Å². The number of ether oxygens (including phenoxy) is 1. The lowest BCUT2D eigenvalue weighted by Crippen LogP contribution is -2.41. The van der Waals surface area contributed by atoms with Gasteiger partial charge in [0.1, 0.15) is 5.75 Å². The molecule has 1 aliphatic heterocycles. The highest BCUT2D eigenvalue weighted by atomic mass is 16.7. The third-order valence-corrected chi connectivity index (χ3v) is 4.60. The third kappa shape index (κ3) is 2.45. The van der Waals surface area contributed by atoms with Gasteiger partial charge in [0, 0.05) is 6.20 Å². The van der Waals surface area contributed by atoms with Gasteiger partial charge in [0.25, 0.3) is 0 Å². The standard InChI is InChI=1S/C15H22BNO3/c1-14(2)15(3,4)20-16(19-14)13-10-12(8-9-17-13)18-11-6-5-7-11/h8-11H,5-7H2,1-4H3. The van der Waals surface area contributed by atoms with Crippen LogP contribution in [0.25, 0.3) is 0 Å². The van der Waals surface area contributed by atoms with E-state index < -0.39 is 7.12 Å². The van der Waals surface area contributed by atoms with Crippen LogP contribution >= 0.6 is 0 Å². The monoisotopic (exact) mass is 275 g/mol. The van der Waals surface area contributed by atoms with E-state index in [0.717, 1.165) is 24.2 Å². The summed E-state index contributed by atoms with van der Waals surface area (Å²) < 4.78 is 17.9. The molecule has 0 N–H and O–H groups in total. The summed E-state index contributed by atoms with van der Waals surface area (Å²) in [6, 6.07) is 3.83. The van der Waals surface area contributed by atoms with Crippen LogP contribution in [0.5, 0.6) is 5.75 Å². The summed E-state index contributed by atoms with van der Waals surface area (Å²) in [5.41, 5.74) is 0.0921. The Morgan fingerprint density at radius 3 is 2.40 bits per heavy atom. The Labute approximate surface area is 121 Å². The number of hydrogen-bond acceptors (Lipinski definition) is 4.